The molecule has 2 aromatic rings. The smallest absolute Gasteiger partial charge is 0.387 e. The van der Waals surface area contributed by atoms with Crippen molar-refractivity contribution in [3.05, 3.63) is 59.7 Å². The number of hydrogen-bond acceptors (Lipinski definition) is 4. The van der Waals surface area contributed by atoms with E-state index in [2.05, 4.69) is 20.4 Å². The van der Waals surface area contributed by atoms with Crippen LogP contribution in [-0.4, -0.2) is 39.8 Å². The van der Waals surface area contributed by atoms with Gasteiger partial charge in [0.05, 0.1) is 10.6 Å². The van der Waals surface area contributed by atoms with Gasteiger partial charge in [0.25, 0.3) is 0 Å². The molecular weight excluding hydrogens is 539 g/mol. The summed E-state index contributed by atoms with van der Waals surface area (Å²) in [6.07, 6.45) is 0.553. The summed E-state index contributed by atoms with van der Waals surface area (Å²) in [6, 6.07) is 12.8. The number of alkyl halides is 2. The van der Waals surface area contributed by atoms with Crippen molar-refractivity contribution < 1.29 is 21.9 Å². The molecule has 0 aliphatic heterocycles. The van der Waals surface area contributed by atoms with E-state index >= 15 is 0 Å². The van der Waals surface area contributed by atoms with Gasteiger partial charge in [0.1, 0.15) is 5.75 Å². The van der Waals surface area contributed by atoms with Crippen LogP contribution < -0.4 is 15.4 Å². The van der Waals surface area contributed by atoms with Crippen LogP contribution in [0.15, 0.2) is 58.4 Å². The lowest BCUT2D eigenvalue weighted by Gasteiger charge is -2.21. The lowest BCUT2D eigenvalue weighted by atomic mass is 10.1. The van der Waals surface area contributed by atoms with Gasteiger partial charge in [-0.3, -0.25) is 4.99 Å². The average Bonchev–Trinajstić information content (AvgIpc) is 2.72. The second-order valence-corrected chi connectivity index (χ2v) is 8.79. The van der Waals surface area contributed by atoms with Crippen LogP contribution in [-0.2, 0) is 16.4 Å². The van der Waals surface area contributed by atoms with Crippen LogP contribution in [0.25, 0.3) is 0 Å². The molecule has 172 valence electrons. The molecule has 6 nitrogen and oxygen atoms in total. The van der Waals surface area contributed by atoms with Crippen molar-refractivity contribution in [2.75, 3.05) is 12.8 Å². The number of rotatable bonds is 9. The fourth-order valence-corrected chi connectivity index (χ4v) is 4.49. The van der Waals surface area contributed by atoms with Crippen molar-refractivity contribution in [2.24, 2.45) is 4.99 Å². The number of halogens is 3. The Morgan fingerprint density at radius 1 is 1.16 bits per heavy atom. The van der Waals surface area contributed by atoms with Crippen LogP contribution in [0.2, 0.25) is 0 Å². The van der Waals surface area contributed by atoms with Gasteiger partial charge in [-0.25, -0.2) is 8.42 Å². The highest BCUT2D eigenvalue weighted by molar-refractivity contribution is 14.0. The number of aliphatic imine (C=N–C) groups is 1. The number of ether oxygens (including phenoxy) is 1. The van der Waals surface area contributed by atoms with Gasteiger partial charge in [0, 0.05) is 25.2 Å². The van der Waals surface area contributed by atoms with Crippen molar-refractivity contribution in [3.8, 4) is 5.75 Å². The molecule has 0 amide bonds. The molecule has 0 heterocycles. The summed E-state index contributed by atoms with van der Waals surface area (Å²) >= 11 is 0. The Kier molecular flexibility index (Phi) is 11.2. The molecule has 1 unspecified atom stereocenters. The fraction of sp³-hybridized carbons (Fsp3) is 0.381. The molecule has 2 aromatic carbocycles. The van der Waals surface area contributed by atoms with Crippen molar-refractivity contribution in [1.82, 2.24) is 10.6 Å². The van der Waals surface area contributed by atoms with Crippen LogP contribution in [0.1, 0.15) is 24.5 Å². The zero-order chi connectivity index (χ0) is 22.1. The normalized spacial score (nSPS) is 12.8. The van der Waals surface area contributed by atoms with Gasteiger partial charge in [-0.1, -0.05) is 42.8 Å². The van der Waals surface area contributed by atoms with Gasteiger partial charge in [-0.05, 0) is 31.5 Å². The Morgan fingerprint density at radius 2 is 1.84 bits per heavy atom. The molecule has 2 rings (SSSR count). The molecule has 0 saturated heterocycles. The number of guanidine groups is 1. The zero-order valence-electron chi connectivity index (χ0n) is 17.6. The topological polar surface area (TPSA) is 79.8 Å². The quantitative estimate of drug-likeness (QED) is 0.271. The number of sulfone groups is 1. The third-order valence-electron chi connectivity index (χ3n) is 4.46. The summed E-state index contributed by atoms with van der Waals surface area (Å²) in [5, 5.41) is 6.13. The first-order chi connectivity index (χ1) is 14.2. The summed E-state index contributed by atoms with van der Waals surface area (Å²) in [5.41, 5.74) is 1.44. The largest absolute Gasteiger partial charge is 0.434 e. The third kappa shape index (κ3) is 8.60. The van der Waals surface area contributed by atoms with Crippen molar-refractivity contribution >= 4 is 39.8 Å². The van der Waals surface area contributed by atoms with Crippen molar-refractivity contribution in [3.63, 3.8) is 0 Å². The van der Waals surface area contributed by atoms with E-state index in [-0.39, 0.29) is 53.0 Å². The average molecular weight is 567 g/mol. The molecule has 0 aliphatic carbocycles. The SMILES string of the molecule is CCC(CS(=O)(=O)c1ccccc1)NC(=NC)NCc1cc(C)ccc1OC(F)F.I. The second-order valence-electron chi connectivity index (χ2n) is 6.76. The predicted molar refractivity (Wildman–Crippen MR) is 129 cm³/mol. The van der Waals surface area contributed by atoms with E-state index in [1.165, 1.54) is 6.07 Å². The molecule has 0 bridgehead atoms. The number of nitrogens with one attached hydrogen (secondary N) is 2. The van der Waals surface area contributed by atoms with Crippen LogP contribution in [0.3, 0.4) is 0 Å². The summed E-state index contributed by atoms with van der Waals surface area (Å²) in [7, 11) is -1.91. The molecule has 2 N–H and O–H groups in total. The van der Waals surface area contributed by atoms with E-state index in [0.717, 1.165) is 5.56 Å². The Bertz CT molecular complexity index is 958. The van der Waals surface area contributed by atoms with Gasteiger partial charge in [-0.2, -0.15) is 8.78 Å². The Morgan fingerprint density at radius 3 is 2.42 bits per heavy atom. The maximum atomic E-state index is 12.6. The summed E-state index contributed by atoms with van der Waals surface area (Å²) in [6.45, 7) is 0.993. The van der Waals surface area contributed by atoms with E-state index in [4.69, 9.17) is 0 Å². The number of aryl methyl sites for hydroxylation is 1. The van der Waals surface area contributed by atoms with Crippen LogP contribution in [0.4, 0.5) is 8.78 Å². The van der Waals surface area contributed by atoms with Crippen molar-refractivity contribution in [2.45, 2.75) is 44.4 Å². The van der Waals surface area contributed by atoms with Crippen LogP contribution >= 0.6 is 24.0 Å². The highest BCUT2D eigenvalue weighted by Crippen LogP contribution is 2.22. The first-order valence-corrected chi connectivity index (χ1v) is 11.2. The molecule has 31 heavy (non-hydrogen) atoms. The lowest BCUT2D eigenvalue weighted by molar-refractivity contribution is -0.0504. The molecule has 1 atom stereocenters. The Labute approximate surface area is 199 Å². The number of hydrogen-bond donors (Lipinski definition) is 2. The van der Waals surface area contributed by atoms with E-state index in [9.17, 15) is 17.2 Å². The zero-order valence-corrected chi connectivity index (χ0v) is 20.8. The minimum Gasteiger partial charge on any atom is -0.434 e. The summed E-state index contributed by atoms with van der Waals surface area (Å²) < 4.78 is 55.2. The third-order valence-corrected chi connectivity index (χ3v) is 6.29. The minimum absolute atomic E-state index is 0. The monoisotopic (exact) mass is 567 g/mol. The van der Waals surface area contributed by atoms with Gasteiger partial charge in [0.15, 0.2) is 15.8 Å². The maximum absolute atomic E-state index is 12.6. The molecular formula is C21H28F2IN3O3S. The molecule has 10 heteroatoms. The lowest BCUT2D eigenvalue weighted by Crippen LogP contribution is -2.45. The number of benzene rings is 2. The first-order valence-electron chi connectivity index (χ1n) is 9.54. The van der Waals surface area contributed by atoms with Gasteiger partial charge in [0.2, 0.25) is 0 Å². The second kappa shape index (κ2) is 12.8. The minimum atomic E-state index is -3.47. The molecule has 0 aliphatic rings. The predicted octanol–water partition coefficient (Wildman–Crippen LogP) is 4.13. The van der Waals surface area contributed by atoms with E-state index < -0.39 is 16.4 Å². The number of nitrogens with zero attached hydrogens (tertiary/aromatic N) is 1. The molecule has 0 aromatic heterocycles. The fourth-order valence-electron chi connectivity index (χ4n) is 2.87. The van der Waals surface area contributed by atoms with Crippen LogP contribution in [0, 0.1) is 6.92 Å². The van der Waals surface area contributed by atoms with E-state index in [1.54, 1.807) is 49.5 Å². The van der Waals surface area contributed by atoms with Gasteiger partial charge >= 0.3 is 6.61 Å². The Balaban J connectivity index is 0.00000480. The standard InChI is InChI=1S/C21H27F2N3O3S.HI/c1-4-17(14-30(27,28)18-8-6-5-7-9-18)26-21(24-3)25-13-16-12-15(2)10-11-19(16)29-20(22)23;/h5-12,17,20H,4,13-14H2,1-3H3,(H2,24,25,26);1H. The van der Waals surface area contributed by atoms with Crippen molar-refractivity contribution in [1.29, 1.82) is 0 Å². The van der Waals surface area contributed by atoms with Gasteiger partial charge in [-0.15, -0.1) is 24.0 Å². The maximum Gasteiger partial charge on any atom is 0.387 e. The summed E-state index contributed by atoms with van der Waals surface area (Å²) in [5.74, 6) is 0.352. The van der Waals surface area contributed by atoms with Gasteiger partial charge < -0.3 is 15.4 Å². The molecule has 0 spiro atoms. The molecule has 0 fully saturated rings. The first kappa shape index (κ1) is 27.1. The Hall–Kier alpha value is -1.95. The highest BCUT2D eigenvalue weighted by atomic mass is 127. The van der Waals surface area contributed by atoms with E-state index in [1.807, 2.05) is 13.8 Å². The van der Waals surface area contributed by atoms with Crippen LogP contribution in [0.5, 0.6) is 5.75 Å². The highest BCUT2D eigenvalue weighted by Gasteiger charge is 2.21. The molecule has 0 saturated carbocycles. The molecule has 0 radical (unpaired) electrons. The van der Waals surface area contributed by atoms with E-state index in [0.29, 0.717) is 17.9 Å². The summed E-state index contributed by atoms with van der Waals surface area (Å²) in [4.78, 5) is 4.38.